The quantitative estimate of drug-likeness (QED) is 0.613. The van der Waals surface area contributed by atoms with E-state index < -0.39 is 0 Å². The molecule has 0 aromatic rings. The molecule has 1 fully saturated rings. The molecule has 10 heavy (non-hydrogen) atoms. The summed E-state index contributed by atoms with van der Waals surface area (Å²) in [6, 6.07) is 1.08. The van der Waals surface area contributed by atoms with Crippen LogP contribution in [0.5, 0.6) is 0 Å². The standard InChI is InChI=1S/C8H18N2/c1-7(9)6-10-8-4-2-3-5-8/h7-8,10H,2-6,9H2,1H3/t7-/m0/s1. The summed E-state index contributed by atoms with van der Waals surface area (Å²) in [5.74, 6) is 0. The molecule has 0 bridgehead atoms. The highest BCUT2D eigenvalue weighted by Gasteiger charge is 2.13. The van der Waals surface area contributed by atoms with E-state index in [1.807, 2.05) is 6.92 Å². The fourth-order valence-electron chi connectivity index (χ4n) is 1.48. The molecule has 0 amide bonds. The summed E-state index contributed by atoms with van der Waals surface area (Å²) < 4.78 is 0. The van der Waals surface area contributed by atoms with Crippen molar-refractivity contribution in [1.29, 1.82) is 0 Å². The van der Waals surface area contributed by atoms with Crippen LogP contribution in [0.4, 0.5) is 0 Å². The van der Waals surface area contributed by atoms with Crippen molar-refractivity contribution in [2.75, 3.05) is 6.54 Å². The Balaban J connectivity index is 2.01. The first-order valence-electron chi connectivity index (χ1n) is 4.28. The van der Waals surface area contributed by atoms with Gasteiger partial charge in [0, 0.05) is 18.6 Å². The summed E-state index contributed by atoms with van der Waals surface area (Å²) in [4.78, 5) is 0. The van der Waals surface area contributed by atoms with Gasteiger partial charge in [-0.25, -0.2) is 0 Å². The monoisotopic (exact) mass is 142 g/mol. The minimum Gasteiger partial charge on any atom is -0.327 e. The topological polar surface area (TPSA) is 38.0 Å². The van der Waals surface area contributed by atoms with Crippen molar-refractivity contribution in [2.45, 2.75) is 44.7 Å². The molecule has 1 aliphatic carbocycles. The molecule has 0 radical (unpaired) electrons. The number of rotatable bonds is 3. The molecule has 0 spiro atoms. The van der Waals surface area contributed by atoms with Crippen LogP contribution in [0, 0.1) is 0 Å². The lowest BCUT2D eigenvalue weighted by Gasteiger charge is -2.13. The minimum absolute atomic E-state index is 0.306. The first kappa shape index (κ1) is 8.02. The van der Waals surface area contributed by atoms with Crippen molar-refractivity contribution in [2.24, 2.45) is 5.73 Å². The van der Waals surface area contributed by atoms with Crippen LogP contribution in [0.3, 0.4) is 0 Å². The number of hydrogen-bond donors (Lipinski definition) is 2. The maximum absolute atomic E-state index is 5.61. The van der Waals surface area contributed by atoms with Gasteiger partial charge in [0.2, 0.25) is 0 Å². The largest absolute Gasteiger partial charge is 0.327 e. The van der Waals surface area contributed by atoms with Crippen LogP contribution in [-0.2, 0) is 0 Å². The summed E-state index contributed by atoms with van der Waals surface area (Å²) in [6.45, 7) is 3.02. The van der Waals surface area contributed by atoms with Gasteiger partial charge >= 0.3 is 0 Å². The maximum Gasteiger partial charge on any atom is 0.0136 e. The van der Waals surface area contributed by atoms with Gasteiger partial charge < -0.3 is 11.1 Å². The van der Waals surface area contributed by atoms with Gasteiger partial charge in [0.25, 0.3) is 0 Å². The Labute approximate surface area is 63.2 Å². The third kappa shape index (κ3) is 2.67. The Bertz CT molecular complexity index is 85.3. The van der Waals surface area contributed by atoms with Crippen molar-refractivity contribution < 1.29 is 0 Å². The molecule has 0 heterocycles. The van der Waals surface area contributed by atoms with Crippen molar-refractivity contribution in [1.82, 2.24) is 5.32 Å². The van der Waals surface area contributed by atoms with E-state index in [1.54, 1.807) is 0 Å². The average molecular weight is 142 g/mol. The second kappa shape index (κ2) is 3.94. The zero-order valence-electron chi connectivity index (χ0n) is 6.77. The number of nitrogens with two attached hydrogens (primary N) is 1. The van der Waals surface area contributed by atoms with E-state index in [0.29, 0.717) is 6.04 Å². The fourth-order valence-corrected chi connectivity index (χ4v) is 1.48. The summed E-state index contributed by atoms with van der Waals surface area (Å²) in [5.41, 5.74) is 5.61. The minimum atomic E-state index is 0.306. The van der Waals surface area contributed by atoms with Crippen molar-refractivity contribution in [3.63, 3.8) is 0 Å². The predicted molar refractivity (Wildman–Crippen MR) is 43.9 cm³/mol. The van der Waals surface area contributed by atoms with Gasteiger partial charge in [-0.3, -0.25) is 0 Å². The number of hydrogen-bond acceptors (Lipinski definition) is 2. The van der Waals surface area contributed by atoms with Gasteiger partial charge in [0.05, 0.1) is 0 Å². The normalized spacial score (nSPS) is 23.4. The van der Waals surface area contributed by atoms with Crippen LogP contribution in [0.2, 0.25) is 0 Å². The van der Waals surface area contributed by atoms with Crippen LogP contribution in [0.15, 0.2) is 0 Å². The lowest BCUT2D eigenvalue weighted by Crippen LogP contribution is -2.36. The second-order valence-corrected chi connectivity index (χ2v) is 3.37. The van der Waals surface area contributed by atoms with E-state index in [-0.39, 0.29) is 0 Å². The van der Waals surface area contributed by atoms with Crippen LogP contribution >= 0.6 is 0 Å². The molecule has 0 saturated heterocycles. The predicted octanol–water partition coefficient (Wildman–Crippen LogP) is 0.866. The van der Waals surface area contributed by atoms with Gasteiger partial charge in [-0.05, 0) is 19.8 Å². The maximum atomic E-state index is 5.61. The fraction of sp³-hybridized carbons (Fsp3) is 1.00. The average Bonchev–Trinajstić information content (AvgIpc) is 2.34. The number of nitrogens with one attached hydrogen (secondary N) is 1. The molecule has 2 nitrogen and oxygen atoms in total. The second-order valence-electron chi connectivity index (χ2n) is 3.37. The Morgan fingerprint density at radius 1 is 1.50 bits per heavy atom. The highest BCUT2D eigenvalue weighted by atomic mass is 14.9. The summed E-state index contributed by atoms with van der Waals surface area (Å²) >= 11 is 0. The molecule has 1 saturated carbocycles. The highest BCUT2D eigenvalue weighted by Crippen LogP contribution is 2.17. The van der Waals surface area contributed by atoms with Crippen molar-refractivity contribution >= 4 is 0 Å². The Morgan fingerprint density at radius 2 is 2.10 bits per heavy atom. The van der Waals surface area contributed by atoms with Crippen LogP contribution in [0.1, 0.15) is 32.6 Å². The van der Waals surface area contributed by atoms with E-state index in [1.165, 1.54) is 25.7 Å². The van der Waals surface area contributed by atoms with E-state index in [4.69, 9.17) is 5.73 Å². The van der Waals surface area contributed by atoms with E-state index in [2.05, 4.69) is 5.32 Å². The Hall–Kier alpha value is -0.0800. The van der Waals surface area contributed by atoms with Crippen molar-refractivity contribution in [3.8, 4) is 0 Å². The highest BCUT2D eigenvalue weighted by molar-refractivity contribution is 4.74. The third-order valence-electron chi connectivity index (χ3n) is 2.08. The molecule has 60 valence electrons. The summed E-state index contributed by atoms with van der Waals surface area (Å²) in [7, 11) is 0. The summed E-state index contributed by atoms with van der Waals surface area (Å²) in [6.07, 6.45) is 5.51. The van der Waals surface area contributed by atoms with Gasteiger partial charge in [-0.1, -0.05) is 12.8 Å². The van der Waals surface area contributed by atoms with E-state index in [0.717, 1.165) is 12.6 Å². The SMILES string of the molecule is C[C@H](N)CNC1CCCC1. The Kier molecular flexibility index (Phi) is 3.16. The molecule has 2 heteroatoms. The van der Waals surface area contributed by atoms with Gasteiger partial charge in [-0.2, -0.15) is 0 Å². The molecular formula is C8H18N2. The molecule has 0 aromatic carbocycles. The Morgan fingerprint density at radius 3 is 2.60 bits per heavy atom. The zero-order valence-corrected chi connectivity index (χ0v) is 6.77. The molecule has 1 rings (SSSR count). The van der Waals surface area contributed by atoms with Crippen LogP contribution < -0.4 is 11.1 Å². The van der Waals surface area contributed by atoms with Crippen LogP contribution in [0.25, 0.3) is 0 Å². The van der Waals surface area contributed by atoms with Gasteiger partial charge in [0.15, 0.2) is 0 Å². The van der Waals surface area contributed by atoms with Crippen molar-refractivity contribution in [3.05, 3.63) is 0 Å². The molecule has 1 atom stereocenters. The lowest BCUT2D eigenvalue weighted by molar-refractivity contribution is 0.498. The molecular weight excluding hydrogens is 124 g/mol. The zero-order chi connectivity index (χ0) is 7.40. The molecule has 1 aliphatic rings. The molecule has 3 N–H and O–H groups in total. The van der Waals surface area contributed by atoms with Gasteiger partial charge in [0.1, 0.15) is 0 Å². The molecule has 0 aliphatic heterocycles. The van der Waals surface area contributed by atoms with Gasteiger partial charge in [-0.15, -0.1) is 0 Å². The lowest BCUT2D eigenvalue weighted by atomic mass is 10.2. The van der Waals surface area contributed by atoms with E-state index >= 15 is 0 Å². The van der Waals surface area contributed by atoms with E-state index in [9.17, 15) is 0 Å². The van der Waals surface area contributed by atoms with Crippen LogP contribution in [-0.4, -0.2) is 18.6 Å². The first-order chi connectivity index (χ1) is 4.79. The molecule has 0 aromatic heterocycles. The summed E-state index contributed by atoms with van der Waals surface area (Å²) in [5, 5.41) is 3.46. The third-order valence-corrected chi connectivity index (χ3v) is 2.08. The first-order valence-corrected chi connectivity index (χ1v) is 4.28. The molecule has 0 unspecified atom stereocenters. The smallest absolute Gasteiger partial charge is 0.0136 e.